The zero-order valence-electron chi connectivity index (χ0n) is 10.4. The van der Waals surface area contributed by atoms with Crippen LogP contribution in [0.2, 0.25) is 0 Å². The summed E-state index contributed by atoms with van der Waals surface area (Å²) in [6, 6.07) is 4.11. The second-order valence-electron chi connectivity index (χ2n) is 6.03. The first-order valence-corrected chi connectivity index (χ1v) is 6.09. The van der Waals surface area contributed by atoms with E-state index in [9.17, 15) is 5.11 Å². The number of hydrogen-bond acceptors (Lipinski definition) is 2. The van der Waals surface area contributed by atoms with Crippen LogP contribution >= 0.6 is 0 Å². The highest BCUT2D eigenvalue weighted by molar-refractivity contribution is 5.29. The molecule has 16 heavy (non-hydrogen) atoms. The first-order chi connectivity index (χ1) is 7.47. The second kappa shape index (κ2) is 4.17. The predicted molar refractivity (Wildman–Crippen MR) is 65.4 cm³/mol. The van der Waals surface area contributed by atoms with Crippen molar-refractivity contribution in [3.05, 3.63) is 29.6 Å². The summed E-state index contributed by atoms with van der Waals surface area (Å²) >= 11 is 0. The molecule has 2 atom stereocenters. The lowest BCUT2D eigenvalue weighted by Crippen LogP contribution is -2.23. The molecule has 0 aromatic carbocycles. The highest BCUT2D eigenvalue weighted by atomic mass is 16.3. The molecule has 0 spiro atoms. The Kier molecular flexibility index (Phi) is 3.02. The van der Waals surface area contributed by atoms with Gasteiger partial charge in [0.1, 0.15) is 0 Å². The fraction of sp³-hybridized carbons (Fsp3) is 0.643. The van der Waals surface area contributed by atoms with Crippen LogP contribution in [0.15, 0.2) is 18.3 Å². The zero-order valence-corrected chi connectivity index (χ0v) is 10.4. The molecule has 1 aliphatic carbocycles. The molecular weight excluding hydrogens is 198 g/mol. The standard InChI is InChI=1S/C14H21NO/c1-14(2,3)9-12(16)11-7-6-10-5-4-8-15-13(10)11/h4-5,8,11-12,16H,6-7,9H2,1-3H3. The molecule has 0 radical (unpaired) electrons. The number of aliphatic hydroxyl groups is 1. The maximum absolute atomic E-state index is 10.3. The lowest BCUT2D eigenvalue weighted by Gasteiger charge is -2.26. The number of nitrogens with zero attached hydrogens (tertiary/aromatic N) is 1. The monoisotopic (exact) mass is 219 g/mol. The molecule has 0 fully saturated rings. The van der Waals surface area contributed by atoms with Crippen LogP contribution < -0.4 is 0 Å². The van der Waals surface area contributed by atoms with E-state index in [0.717, 1.165) is 25.0 Å². The predicted octanol–water partition coefficient (Wildman–Crippen LogP) is 2.91. The van der Waals surface area contributed by atoms with Gasteiger partial charge >= 0.3 is 0 Å². The number of aliphatic hydroxyl groups excluding tert-OH is 1. The van der Waals surface area contributed by atoms with Crippen molar-refractivity contribution in [1.29, 1.82) is 0 Å². The Morgan fingerprint density at radius 2 is 2.25 bits per heavy atom. The molecule has 88 valence electrons. The summed E-state index contributed by atoms with van der Waals surface area (Å²) in [5.74, 6) is 0.246. The minimum Gasteiger partial charge on any atom is -0.392 e. The van der Waals surface area contributed by atoms with Crippen LogP contribution in [0.3, 0.4) is 0 Å². The zero-order chi connectivity index (χ0) is 11.8. The van der Waals surface area contributed by atoms with Crippen molar-refractivity contribution in [3.8, 4) is 0 Å². The Hall–Kier alpha value is -0.890. The van der Waals surface area contributed by atoms with Crippen molar-refractivity contribution in [2.45, 2.75) is 52.1 Å². The maximum atomic E-state index is 10.3. The highest BCUT2D eigenvalue weighted by Crippen LogP contribution is 2.37. The molecule has 2 rings (SSSR count). The average molecular weight is 219 g/mol. The van der Waals surface area contributed by atoms with Gasteiger partial charge in [-0.1, -0.05) is 26.8 Å². The van der Waals surface area contributed by atoms with Crippen LogP contribution in [0, 0.1) is 5.41 Å². The summed E-state index contributed by atoms with van der Waals surface area (Å²) in [6.45, 7) is 6.51. The number of pyridine rings is 1. The largest absolute Gasteiger partial charge is 0.392 e. The molecule has 1 aromatic rings. The van der Waals surface area contributed by atoms with Gasteiger partial charge in [0.25, 0.3) is 0 Å². The summed E-state index contributed by atoms with van der Waals surface area (Å²) < 4.78 is 0. The molecule has 0 bridgehead atoms. The molecule has 0 saturated carbocycles. The highest BCUT2D eigenvalue weighted by Gasteiger charge is 2.31. The smallest absolute Gasteiger partial charge is 0.0629 e. The van der Waals surface area contributed by atoms with E-state index >= 15 is 0 Å². The van der Waals surface area contributed by atoms with Gasteiger partial charge in [0.05, 0.1) is 6.10 Å². The lowest BCUT2D eigenvalue weighted by atomic mass is 9.84. The van der Waals surface area contributed by atoms with Crippen molar-refractivity contribution >= 4 is 0 Å². The van der Waals surface area contributed by atoms with Gasteiger partial charge in [0, 0.05) is 17.8 Å². The Morgan fingerprint density at radius 1 is 1.50 bits per heavy atom. The summed E-state index contributed by atoms with van der Waals surface area (Å²) in [6.07, 6.45) is 4.53. The van der Waals surface area contributed by atoms with Crippen molar-refractivity contribution in [3.63, 3.8) is 0 Å². The summed E-state index contributed by atoms with van der Waals surface area (Å²) in [5, 5.41) is 10.3. The van der Waals surface area contributed by atoms with Crippen LogP contribution in [0.25, 0.3) is 0 Å². The van der Waals surface area contributed by atoms with E-state index in [1.165, 1.54) is 5.56 Å². The molecule has 2 nitrogen and oxygen atoms in total. The molecule has 0 saturated heterocycles. The minimum absolute atomic E-state index is 0.178. The molecule has 2 unspecified atom stereocenters. The SMILES string of the molecule is CC(C)(C)CC(O)C1CCc2cccnc21. The molecule has 1 heterocycles. The van der Waals surface area contributed by atoms with Crippen molar-refractivity contribution in [2.24, 2.45) is 5.41 Å². The van der Waals surface area contributed by atoms with Gasteiger partial charge in [-0.15, -0.1) is 0 Å². The summed E-state index contributed by atoms with van der Waals surface area (Å²) in [7, 11) is 0. The molecule has 1 N–H and O–H groups in total. The van der Waals surface area contributed by atoms with Gasteiger partial charge in [-0.3, -0.25) is 4.98 Å². The molecular formula is C14H21NO. The maximum Gasteiger partial charge on any atom is 0.0629 e. The molecule has 1 aromatic heterocycles. The van der Waals surface area contributed by atoms with Gasteiger partial charge in [0.2, 0.25) is 0 Å². The van der Waals surface area contributed by atoms with Crippen molar-refractivity contribution in [1.82, 2.24) is 4.98 Å². The quantitative estimate of drug-likeness (QED) is 0.829. The third-order valence-electron chi connectivity index (χ3n) is 3.29. The van der Waals surface area contributed by atoms with E-state index in [1.807, 2.05) is 12.3 Å². The first kappa shape index (κ1) is 11.6. The number of rotatable bonds is 2. The molecule has 2 heteroatoms. The first-order valence-electron chi connectivity index (χ1n) is 6.09. The number of aryl methyl sites for hydroxylation is 1. The summed E-state index contributed by atoms with van der Waals surface area (Å²) in [5.41, 5.74) is 2.62. The third-order valence-corrected chi connectivity index (χ3v) is 3.29. The van der Waals surface area contributed by atoms with E-state index in [4.69, 9.17) is 0 Å². The van der Waals surface area contributed by atoms with Crippen LogP contribution in [0.1, 0.15) is 50.8 Å². The van der Waals surface area contributed by atoms with Gasteiger partial charge in [-0.2, -0.15) is 0 Å². The Bertz CT molecular complexity index is 367. The number of fused-ring (bicyclic) bond motifs is 1. The fourth-order valence-electron chi connectivity index (χ4n) is 2.59. The Labute approximate surface area is 97.7 Å². The summed E-state index contributed by atoms with van der Waals surface area (Å²) in [4.78, 5) is 4.43. The van der Waals surface area contributed by atoms with E-state index in [-0.39, 0.29) is 17.4 Å². The van der Waals surface area contributed by atoms with Crippen LogP contribution in [0.4, 0.5) is 0 Å². The Balaban J connectivity index is 2.13. The average Bonchev–Trinajstić information content (AvgIpc) is 2.58. The van der Waals surface area contributed by atoms with Gasteiger partial charge in [-0.25, -0.2) is 0 Å². The Morgan fingerprint density at radius 3 is 2.94 bits per heavy atom. The van der Waals surface area contributed by atoms with E-state index in [1.54, 1.807) is 0 Å². The fourth-order valence-corrected chi connectivity index (χ4v) is 2.59. The van der Waals surface area contributed by atoms with Crippen LogP contribution in [0.5, 0.6) is 0 Å². The molecule has 0 aliphatic heterocycles. The normalized spacial score (nSPS) is 21.9. The van der Waals surface area contributed by atoms with E-state index in [2.05, 4.69) is 31.8 Å². The minimum atomic E-state index is -0.254. The van der Waals surface area contributed by atoms with E-state index < -0.39 is 0 Å². The van der Waals surface area contributed by atoms with Gasteiger partial charge in [0.15, 0.2) is 0 Å². The molecule has 0 amide bonds. The van der Waals surface area contributed by atoms with Crippen LogP contribution in [-0.4, -0.2) is 16.2 Å². The number of hydrogen-bond donors (Lipinski definition) is 1. The number of aromatic nitrogens is 1. The van der Waals surface area contributed by atoms with Gasteiger partial charge < -0.3 is 5.11 Å². The van der Waals surface area contributed by atoms with E-state index in [0.29, 0.717) is 0 Å². The second-order valence-corrected chi connectivity index (χ2v) is 6.03. The molecule has 1 aliphatic rings. The van der Waals surface area contributed by atoms with Crippen LogP contribution in [-0.2, 0) is 6.42 Å². The van der Waals surface area contributed by atoms with Gasteiger partial charge in [-0.05, 0) is 36.3 Å². The van der Waals surface area contributed by atoms with Crippen molar-refractivity contribution in [2.75, 3.05) is 0 Å². The lowest BCUT2D eigenvalue weighted by molar-refractivity contribution is 0.0940. The third kappa shape index (κ3) is 2.43. The van der Waals surface area contributed by atoms with Crippen molar-refractivity contribution < 1.29 is 5.11 Å². The topological polar surface area (TPSA) is 33.1 Å².